The number of rotatable bonds is 6. The van der Waals surface area contributed by atoms with Gasteiger partial charge in [0.25, 0.3) is 0 Å². The van der Waals surface area contributed by atoms with Crippen molar-refractivity contribution in [2.75, 3.05) is 12.5 Å². The number of benzene rings is 2. The highest BCUT2D eigenvalue weighted by Gasteiger charge is 2.03. The Hall–Kier alpha value is -2.79. The smallest absolute Gasteiger partial charge is 0.196 e. The molecule has 0 atom stereocenters. The van der Waals surface area contributed by atoms with Crippen LogP contribution >= 0.6 is 12.2 Å². The summed E-state index contributed by atoms with van der Waals surface area (Å²) in [5.41, 5.74) is 7.66. The second kappa shape index (κ2) is 7.85. The molecule has 0 radical (unpaired) electrons. The zero-order valence-electron chi connectivity index (χ0n) is 14.3. The first-order valence-electron chi connectivity index (χ1n) is 8.09. The van der Waals surface area contributed by atoms with Gasteiger partial charge in [0.05, 0.1) is 19.0 Å². The van der Waals surface area contributed by atoms with Gasteiger partial charge in [-0.3, -0.25) is 5.43 Å². The van der Waals surface area contributed by atoms with Crippen LogP contribution in [-0.2, 0) is 6.42 Å². The van der Waals surface area contributed by atoms with Crippen molar-refractivity contribution in [2.24, 2.45) is 0 Å². The number of ether oxygens (including phenoxy) is 1. The summed E-state index contributed by atoms with van der Waals surface area (Å²) in [7, 11) is 1.67. The van der Waals surface area contributed by atoms with E-state index in [1.54, 1.807) is 7.11 Å². The van der Waals surface area contributed by atoms with E-state index in [1.807, 2.05) is 48.1 Å². The van der Waals surface area contributed by atoms with Crippen molar-refractivity contribution >= 4 is 12.2 Å². The standard InChI is InChI=1S/C20H21N3OS/c1-15(8-9-16-10-12-18(24-2)13-11-16)22-23-14-19(21-20(23)25)17-6-4-3-5-7-17/h3-8,10-14,22H,9H2,1-2H3,(H,21,25)/b15-8-. The normalized spacial score (nSPS) is 11.4. The fourth-order valence-corrected chi connectivity index (χ4v) is 2.72. The van der Waals surface area contributed by atoms with Crippen LogP contribution in [0.2, 0.25) is 0 Å². The molecule has 0 amide bonds. The summed E-state index contributed by atoms with van der Waals surface area (Å²) in [4.78, 5) is 3.23. The fourth-order valence-electron chi connectivity index (χ4n) is 2.51. The molecule has 0 spiro atoms. The molecule has 128 valence electrons. The molecule has 25 heavy (non-hydrogen) atoms. The average Bonchev–Trinajstić information content (AvgIpc) is 3.01. The quantitative estimate of drug-likeness (QED) is 0.620. The van der Waals surface area contributed by atoms with Crippen LogP contribution in [0.5, 0.6) is 5.75 Å². The van der Waals surface area contributed by atoms with Gasteiger partial charge in [-0.2, -0.15) is 0 Å². The molecular weight excluding hydrogens is 330 g/mol. The molecule has 4 nitrogen and oxygen atoms in total. The first kappa shape index (κ1) is 17.0. The van der Waals surface area contributed by atoms with E-state index in [9.17, 15) is 0 Å². The number of nitrogens with zero attached hydrogens (tertiary/aromatic N) is 1. The van der Waals surface area contributed by atoms with Gasteiger partial charge in [0.1, 0.15) is 5.75 Å². The minimum atomic E-state index is 0.635. The van der Waals surface area contributed by atoms with E-state index in [2.05, 4.69) is 40.8 Å². The van der Waals surface area contributed by atoms with Gasteiger partial charge < -0.3 is 9.72 Å². The third-order valence-corrected chi connectivity index (χ3v) is 4.20. The highest BCUT2D eigenvalue weighted by atomic mass is 32.1. The number of hydrogen-bond donors (Lipinski definition) is 2. The summed E-state index contributed by atoms with van der Waals surface area (Å²) in [5, 5.41) is 0. The van der Waals surface area contributed by atoms with Crippen LogP contribution in [0, 0.1) is 4.77 Å². The lowest BCUT2D eigenvalue weighted by atomic mass is 10.1. The monoisotopic (exact) mass is 351 g/mol. The highest BCUT2D eigenvalue weighted by Crippen LogP contribution is 2.17. The Kier molecular flexibility index (Phi) is 5.36. The van der Waals surface area contributed by atoms with E-state index < -0.39 is 0 Å². The summed E-state index contributed by atoms with van der Waals surface area (Å²) in [6.07, 6.45) is 4.95. The van der Waals surface area contributed by atoms with Crippen LogP contribution in [-0.4, -0.2) is 16.8 Å². The predicted octanol–water partition coefficient (Wildman–Crippen LogP) is 4.91. The molecule has 5 heteroatoms. The summed E-state index contributed by atoms with van der Waals surface area (Å²) >= 11 is 5.40. The number of aromatic amines is 1. The van der Waals surface area contributed by atoms with Crippen molar-refractivity contribution < 1.29 is 4.74 Å². The fraction of sp³-hybridized carbons (Fsp3) is 0.150. The maximum Gasteiger partial charge on any atom is 0.196 e. The minimum Gasteiger partial charge on any atom is -0.497 e. The van der Waals surface area contributed by atoms with Crippen molar-refractivity contribution in [3.8, 4) is 17.0 Å². The van der Waals surface area contributed by atoms with Gasteiger partial charge in [-0.15, -0.1) is 0 Å². The molecule has 0 aliphatic carbocycles. The molecule has 0 aliphatic rings. The third-order valence-electron chi connectivity index (χ3n) is 3.90. The number of aromatic nitrogens is 2. The zero-order valence-corrected chi connectivity index (χ0v) is 15.1. The predicted molar refractivity (Wildman–Crippen MR) is 105 cm³/mol. The van der Waals surface area contributed by atoms with Crippen molar-refractivity contribution in [3.63, 3.8) is 0 Å². The van der Waals surface area contributed by atoms with Crippen LogP contribution in [0.15, 0.2) is 72.6 Å². The summed E-state index contributed by atoms with van der Waals surface area (Å²) in [5.74, 6) is 0.870. The van der Waals surface area contributed by atoms with E-state index in [4.69, 9.17) is 17.0 Å². The van der Waals surface area contributed by atoms with Crippen molar-refractivity contribution in [2.45, 2.75) is 13.3 Å². The molecule has 0 aliphatic heterocycles. The minimum absolute atomic E-state index is 0.635. The number of allylic oxidation sites excluding steroid dienone is 2. The molecule has 3 rings (SSSR count). The molecule has 0 bridgehead atoms. The van der Waals surface area contributed by atoms with Crippen LogP contribution in [0.3, 0.4) is 0 Å². The number of hydrogen-bond acceptors (Lipinski definition) is 3. The highest BCUT2D eigenvalue weighted by molar-refractivity contribution is 7.71. The van der Waals surface area contributed by atoms with E-state index in [1.165, 1.54) is 5.56 Å². The van der Waals surface area contributed by atoms with Crippen molar-refractivity contribution in [3.05, 3.63) is 82.9 Å². The van der Waals surface area contributed by atoms with E-state index in [-0.39, 0.29) is 0 Å². The average molecular weight is 351 g/mol. The molecule has 2 aromatic carbocycles. The molecule has 3 aromatic rings. The van der Waals surface area contributed by atoms with Gasteiger partial charge in [0.15, 0.2) is 4.77 Å². The van der Waals surface area contributed by atoms with Gasteiger partial charge in [-0.1, -0.05) is 48.5 Å². The molecule has 2 N–H and O–H groups in total. The third kappa shape index (κ3) is 4.39. The lowest BCUT2D eigenvalue weighted by molar-refractivity contribution is 0.414. The molecule has 0 fully saturated rings. The van der Waals surface area contributed by atoms with Crippen LogP contribution < -0.4 is 10.2 Å². The summed E-state index contributed by atoms with van der Waals surface area (Å²) < 4.78 is 7.65. The van der Waals surface area contributed by atoms with Crippen LogP contribution in [0.1, 0.15) is 12.5 Å². The lowest BCUT2D eigenvalue weighted by Crippen LogP contribution is -2.11. The van der Waals surface area contributed by atoms with Crippen LogP contribution in [0.4, 0.5) is 0 Å². The summed E-state index contributed by atoms with van der Waals surface area (Å²) in [6, 6.07) is 18.2. The second-order valence-electron chi connectivity index (χ2n) is 5.76. The Bertz CT molecular complexity index is 908. The van der Waals surface area contributed by atoms with Gasteiger partial charge in [0, 0.05) is 5.70 Å². The van der Waals surface area contributed by atoms with Crippen molar-refractivity contribution in [1.29, 1.82) is 0 Å². The Balaban J connectivity index is 1.69. The molecule has 1 aromatic heterocycles. The second-order valence-corrected chi connectivity index (χ2v) is 6.15. The van der Waals surface area contributed by atoms with Crippen molar-refractivity contribution in [1.82, 2.24) is 9.66 Å². The van der Waals surface area contributed by atoms with Gasteiger partial charge in [0.2, 0.25) is 0 Å². The number of methoxy groups -OCH3 is 1. The Morgan fingerprint density at radius 2 is 1.88 bits per heavy atom. The SMILES string of the molecule is COc1ccc(C/C=C(/C)Nn2cc(-c3ccccc3)[nH]c2=S)cc1. The molecule has 0 saturated heterocycles. The number of H-pyrrole nitrogens is 1. The first-order chi connectivity index (χ1) is 12.2. The topological polar surface area (TPSA) is 42.0 Å². The summed E-state index contributed by atoms with van der Waals surface area (Å²) in [6.45, 7) is 2.03. The van der Waals surface area contributed by atoms with Gasteiger partial charge in [-0.25, -0.2) is 4.68 Å². The van der Waals surface area contributed by atoms with E-state index >= 15 is 0 Å². The van der Waals surface area contributed by atoms with Gasteiger partial charge in [-0.05, 0) is 48.8 Å². The Morgan fingerprint density at radius 1 is 1.16 bits per heavy atom. The maximum atomic E-state index is 5.40. The lowest BCUT2D eigenvalue weighted by Gasteiger charge is -2.07. The number of nitrogens with one attached hydrogen (secondary N) is 2. The van der Waals surface area contributed by atoms with Gasteiger partial charge >= 0.3 is 0 Å². The van der Waals surface area contributed by atoms with E-state index in [0.717, 1.165) is 29.1 Å². The molecule has 0 saturated carbocycles. The van der Waals surface area contributed by atoms with E-state index in [0.29, 0.717) is 4.77 Å². The molecular formula is C20H21N3OS. The largest absolute Gasteiger partial charge is 0.497 e. The Morgan fingerprint density at radius 3 is 2.56 bits per heavy atom. The molecule has 1 heterocycles. The maximum absolute atomic E-state index is 5.40. The Labute approximate surface area is 152 Å². The first-order valence-corrected chi connectivity index (χ1v) is 8.50. The number of imidazole rings is 1. The van der Waals surface area contributed by atoms with Crippen LogP contribution in [0.25, 0.3) is 11.3 Å². The zero-order chi connectivity index (χ0) is 17.6. The molecule has 0 unspecified atom stereocenters.